The van der Waals surface area contributed by atoms with Gasteiger partial charge in [-0.2, -0.15) is 0 Å². The molecule has 0 aliphatic rings. The molecule has 2 aromatic rings. The van der Waals surface area contributed by atoms with E-state index in [0.717, 1.165) is 0 Å². The third-order valence-electron chi connectivity index (χ3n) is 2.03. The molecular formula is C9H11N5O2S. The van der Waals surface area contributed by atoms with Gasteiger partial charge in [0.05, 0.1) is 0 Å². The maximum atomic E-state index is 11.9. The molecule has 0 saturated heterocycles. The molecule has 0 aromatic carbocycles. The van der Waals surface area contributed by atoms with Gasteiger partial charge in [-0.15, -0.1) is 0 Å². The van der Waals surface area contributed by atoms with Crippen molar-refractivity contribution in [2.24, 2.45) is 0 Å². The van der Waals surface area contributed by atoms with E-state index in [0.29, 0.717) is 5.82 Å². The number of nitrogens with zero attached hydrogens (tertiary/aromatic N) is 2. The number of rotatable bonds is 4. The van der Waals surface area contributed by atoms with Gasteiger partial charge in [0.25, 0.3) is 10.0 Å². The number of sulfonamides is 1. The normalized spacial score (nSPS) is 11.1. The number of imidazole rings is 1. The molecule has 8 heteroatoms. The maximum Gasteiger partial charge on any atom is 0.265 e. The van der Waals surface area contributed by atoms with Crippen LogP contribution in [-0.4, -0.2) is 30.4 Å². The second-order valence-electron chi connectivity index (χ2n) is 3.17. The first kappa shape index (κ1) is 11.4. The van der Waals surface area contributed by atoms with Crippen molar-refractivity contribution in [1.29, 1.82) is 0 Å². The minimum absolute atomic E-state index is 0.0768. The molecule has 0 unspecified atom stereocenters. The highest BCUT2D eigenvalue weighted by Crippen LogP contribution is 2.13. The number of H-pyrrole nitrogens is 1. The average Bonchev–Trinajstić information content (AvgIpc) is 2.81. The first-order valence-corrected chi connectivity index (χ1v) is 6.26. The van der Waals surface area contributed by atoms with Gasteiger partial charge in [0, 0.05) is 25.6 Å². The fourth-order valence-electron chi connectivity index (χ4n) is 1.19. The van der Waals surface area contributed by atoms with E-state index in [1.54, 1.807) is 13.1 Å². The quantitative estimate of drug-likeness (QED) is 0.742. The number of nitrogens with one attached hydrogen (secondary N) is 3. The largest absolute Gasteiger partial charge is 0.373 e. The van der Waals surface area contributed by atoms with Gasteiger partial charge in [0.15, 0.2) is 0 Å². The Bertz CT molecular complexity index is 576. The van der Waals surface area contributed by atoms with Gasteiger partial charge in [-0.05, 0) is 12.1 Å². The van der Waals surface area contributed by atoms with Crippen molar-refractivity contribution in [3.63, 3.8) is 0 Å². The summed E-state index contributed by atoms with van der Waals surface area (Å²) in [6, 6.07) is 3.04. The minimum atomic E-state index is -3.64. The molecule has 3 N–H and O–H groups in total. The zero-order valence-electron chi connectivity index (χ0n) is 9.01. The van der Waals surface area contributed by atoms with Crippen LogP contribution in [0.1, 0.15) is 0 Å². The molecule has 0 fully saturated rings. The predicted molar refractivity (Wildman–Crippen MR) is 63.2 cm³/mol. The van der Waals surface area contributed by atoms with Crippen LogP contribution in [0.4, 0.5) is 11.8 Å². The summed E-state index contributed by atoms with van der Waals surface area (Å²) in [5, 5.41) is 2.81. The lowest BCUT2D eigenvalue weighted by Crippen LogP contribution is -2.14. The molecule has 0 aliphatic carbocycles. The maximum absolute atomic E-state index is 11.9. The van der Waals surface area contributed by atoms with Crippen LogP contribution < -0.4 is 10.0 Å². The molecule has 2 rings (SSSR count). The summed E-state index contributed by atoms with van der Waals surface area (Å²) in [4.78, 5) is 10.4. The molecule has 0 aliphatic heterocycles. The highest BCUT2D eigenvalue weighted by atomic mass is 32.2. The van der Waals surface area contributed by atoms with E-state index in [-0.39, 0.29) is 10.8 Å². The lowest BCUT2D eigenvalue weighted by Gasteiger charge is -2.05. The van der Waals surface area contributed by atoms with Crippen LogP contribution in [0, 0.1) is 0 Å². The standard InChI is InChI=1S/C9H11N5O2S/c1-10-8-3-2-7(6-13-8)17(15,16)14-9-11-4-5-12-9/h2-6H,1H3,(H,10,13)(H2,11,12,14). The lowest BCUT2D eigenvalue weighted by molar-refractivity contribution is 0.600. The smallest absolute Gasteiger partial charge is 0.265 e. The number of aromatic nitrogens is 3. The first-order valence-electron chi connectivity index (χ1n) is 4.78. The second kappa shape index (κ2) is 4.42. The van der Waals surface area contributed by atoms with Crippen molar-refractivity contribution in [3.05, 3.63) is 30.7 Å². The molecule has 0 spiro atoms. The van der Waals surface area contributed by atoms with Gasteiger partial charge in [-0.25, -0.2) is 23.1 Å². The van der Waals surface area contributed by atoms with Crippen LogP contribution in [0.2, 0.25) is 0 Å². The summed E-state index contributed by atoms with van der Waals surface area (Å²) >= 11 is 0. The highest BCUT2D eigenvalue weighted by molar-refractivity contribution is 7.92. The lowest BCUT2D eigenvalue weighted by atomic mass is 10.5. The van der Waals surface area contributed by atoms with Crippen LogP contribution in [-0.2, 0) is 10.0 Å². The number of anilines is 2. The number of pyridine rings is 1. The van der Waals surface area contributed by atoms with Crippen molar-refractivity contribution >= 4 is 21.8 Å². The molecule has 0 saturated carbocycles. The van der Waals surface area contributed by atoms with Gasteiger partial charge >= 0.3 is 0 Å². The fraction of sp³-hybridized carbons (Fsp3) is 0.111. The molecule has 0 amide bonds. The second-order valence-corrected chi connectivity index (χ2v) is 4.85. The van der Waals surface area contributed by atoms with E-state index in [1.807, 2.05) is 0 Å². The molecule has 0 bridgehead atoms. The van der Waals surface area contributed by atoms with E-state index in [2.05, 4.69) is 25.0 Å². The number of hydrogen-bond acceptors (Lipinski definition) is 5. The Balaban J connectivity index is 2.25. The summed E-state index contributed by atoms with van der Waals surface area (Å²) in [5.41, 5.74) is 0. The van der Waals surface area contributed by atoms with Crippen LogP contribution in [0.25, 0.3) is 0 Å². The summed E-state index contributed by atoms with van der Waals surface area (Å²) in [5.74, 6) is 0.768. The fourth-order valence-corrected chi connectivity index (χ4v) is 2.12. The zero-order valence-corrected chi connectivity index (χ0v) is 9.82. The topological polar surface area (TPSA) is 99.8 Å². The van der Waals surface area contributed by atoms with Crippen LogP contribution in [0.5, 0.6) is 0 Å². The Morgan fingerprint density at radius 3 is 2.65 bits per heavy atom. The van der Waals surface area contributed by atoms with E-state index in [9.17, 15) is 8.42 Å². The molecule has 0 atom stereocenters. The summed E-state index contributed by atoms with van der Waals surface area (Å²) in [6.45, 7) is 0. The van der Waals surface area contributed by atoms with Crippen LogP contribution in [0.15, 0.2) is 35.6 Å². The highest BCUT2D eigenvalue weighted by Gasteiger charge is 2.15. The van der Waals surface area contributed by atoms with Gasteiger partial charge in [-0.1, -0.05) is 0 Å². The number of hydrogen-bond donors (Lipinski definition) is 3. The van der Waals surface area contributed by atoms with Gasteiger partial charge in [-0.3, -0.25) is 0 Å². The van der Waals surface area contributed by atoms with E-state index >= 15 is 0 Å². The van der Waals surface area contributed by atoms with Crippen molar-refractivity contribution < 1.29 is 8.42 Å². The predicted octanol–water partition coefficient (Wildman–Crippen LogP) is 0.647. The van der Waals surface area contributed by atoms with E-state index in [4.69, 9.17) is 0 Å². The molecule has 90 valence electrons. The molecular weight excluding hydrogens is 242 g/mol. The van der Waals surface area contributed by atoms with Crippen molar-refractivity contribution in [1.82, 2.24) is 15.0 Å². The third-order valence-corrected chi connectivity index (χ3v) is 3.36. The molecule has 2 aromatic heterocycles. The van der Waals surface area contributed by atoms with Gasteiger partial charge in [0.2, 0.25) is 5.95 Å². The molecule has 7 nitrogen and oxygen atoms in total. The summed E-state index contributed by atoms with van der Waals surface area (Å²) in [7, 11) is -1.94. The Hall–Kier alpha value is -2.09. The third kappa shape index (κ3) is 2.53. The first-order chi connectivity index (χ1) is 8.12. The van der Waals surface area contributed by atoms with E-state index < -0.39 is 10.0 Å². The average molecular weight is 253 g/mol. The molecule has 2 heterocycles. The number of aromatic amines is 1. The monoisotopic (exact) mass is 253 g/mol. The minimum Gasteiger partial charge on any atom is -0.373 e. The van der Waals surface area contributed by atoms with Crippen molar-refractivity contribution in [2.45, 2.75) is 4.90 Å². The van der Waals surface area contributed by atoms with Crippen molar-refractivity contribution in [3.8, 4) is 0 Å². The van der Waals surface area contributed by atoms with E-state index in [1.165, 1.54) is 24.7 Å². The molecule has 17 heavy (non-hydrogen) atoms. The Labute approximate surface area is 98.4 Å². The Morgan fingerprint density at radius 1 is 1.29 bits per heavy atom. The summed E-state index contributed by atoms with van der Waals surface area (Å²) < 4.78 is 26.0. The van der Waals surface area contributed by atoms with Crippen molar-refractivity contribution in [2.75, 3.05) is 17.1 Å². The SMILES string of the molecule is CNc1ccc(S(=O)(=O)Nc2ncc[nH]2)cn1. The molecule has 0 radical (unpaired) electrons. The Morgan fingerprint density at radius 2 is 2.12 bits per heavy atom. The van der Waals surface area contributed by atoms with Gasteiger partial charge in [0.1, 0.15) is 10.7 Å². The zero-order chi connectivity index (χ0) is 12.3. The van der Waals surface area contributed by atoms with Gasteiger partial charge < -0.3 is 10.3 Å². The Kier molecular flexibility index (Phi) is 2.96. The summed E-state index contributed by atoms with van der Waals surface area (Å²) in [6.07, 6.45) is 4.26. The van der Waals surface area contributed by atoms with Crippen LogP contribution in [0.3, 0.4) is 0 Å². The van der Waals surface area contributed by atoms with Crippen LogP contribution >= 0.6 is 0 Å².